The molecule has 6 nitrogen and oxygen atoms in total. The summed E-state index contributed by atoms with van der Waals surface area (Å²) >= 11 is 1.04. The summed E-state index contributed by atoms with van der Waals surface area (Å²) < 4.78 is 0. The molecule has 0 bridgehead atoms. The number of aliphatic hydroxyl groups is 2. The Kier molecular flexibility index (Phi) is 6.12. The summed E-state index contributed by atoms with van der Waals surface area (Å²) in [7, 11) is 0. The van der Waals surface area contributed by atoms with Gasteiger partial charge in [0.2, 0.25) is 0 Å². The predicted molar refractivity (Wildman–Crippen MR) is 74.7 cm³/mol. The van der Waals surface area contributed by atoms with Gasteiger partial charge in [0.05, 0.1) is 6.10 Å². The molecular weight excluding hydrogens is 282 g/mol. The lowest BCUT2D eigenvalue weighted by Gasteiger charge is -2.19. The number of pyridine rings is 1. The maximum Gasteiger partial charge on any atom is 0.354 e. The molecule has 0 radical (unpaired) electrons. The van der Waals surface area contributed by atoms with E-state index in [1.54, 1.807) is 6.92 Å². The van der Waals surface area contributed by atoms with Crippen LogP contribution < -0.4 is 0 Å². The quantitative estimate of drug-likeness (QED) is 0.723. The molecule has 1 rings (SSSR count). The monoisotopic (exact) mass is 299 g/mol. The van der Waals surface area contributed by atoms with Crippen LogP contribution in [0.25, 0.3) is 0 Å². The fraction of sp³-hybridized carbons (Fsp3) is 0.462. The minimum absolute atomic E-state index is 0.0739. The van der Waals surface area contributed by atoms with E-state index in [4.69, 9.17) is 5.11 Å². The average Bonchev–Trinajstić information content (AvgIpc) is 2.36. The summed E-state index contributed by atoms with van der Waals surface area (Å²) in [5.41, 5.74) is 0.494. The zero-order valence-corrected chi connectivity index (χ0v) is 12.1. The fourth-order valence-electron chi connectivity index (χ4n) is 1.68. The molecule has 20 heavy (non-hydrogen) atoms. The first-order chi connectivity index (χ1) is 9.32. The third kappa shape index (κ3) is 4.59. The standard InChI is InChI=1S/C13H17NO5S/c1-7-5-9(11(13(18)19)14-6-7)12(17)10(16)3-4-20-8(2)15/h5-6,10,12,16-17H,3-4H2,1-2H3,(H,18,19). The molecule has 1 aromatic rings. The molecule has 2 unspecified atom stereocenters. The van der Waals surface area contributed by atoms with Crippen molar-refractivity contribution in [1.82, 2.24) is 4.98 Å². The summed E-state index contributed by atoms with van der Waals surface area (Å²) in [6.45, 7) is 3.13. The summed E-state index contributed by atoms with van der Waals surface area (Å²) in [5, 5.41) is 28.9. The molecule has 0 aromatic carbocycles. The third-order valence-corrected chi connectivity index (χ3v) is 3.50. The number of thioether (sulfide) groups is 1. The Balaban J connectivity index is 2.84. The molecule has 0 amide bonds. The molecule has 0 aliphatic heterocycles. The normalized spacial score (nSPS) is 13.8. The van der Waals surface area contributed by atoms with E-state index in [9.17, 15) is 19.8 Å². The van der Waals surface area contributed by atoms with E-state index in [-0.39, 0.29) is 22.8 Å². The van der Waals surface area contributed by atoms with Crippen molar-refractivity contribution in [3.05, 3.63) is 29.1 Å². The zero-order valence-electron chi connectivity index (χ0n) is 11.2. The summed E-state index contributed by atoms with van der Waals surface area (Å²) in [5.74, 6) is -0.903. The molecule has 0 aliphatic rings. The van der Waals surface area contributed by atoms with Gasteiger partial charge in [-0.25, -0.2) is 9.78 Å². The molecule has 0 spiro atoms. The molecule has 0 saturated carbocycles. The zero-order chi connectivity index (χ0) is 15.3. The topological polar surface area (TPSA) is 108 Å². The van der Waals surface area contributed by atoms with Crippen LogP contribution in [0.5, 0.6) is 0 Å². The van der Waals surface area contributed by atoms with Crippen molar-refractivity contribution in [3.63, 3.8) is 0 Å². The number of aryl methyl sites for hydroxylation is 1. The first kappa shape index (κ1) is 16.6. The number of hydrogen-bond acceptors (Lipinski definition) is 6. The molecular formula is C13H17NO5S. The number of hydrogen-bond donors (Lipinski definition) is 3. The lowest BCUT2D eigenvalue weighted by atomic mass is 9.99. The van der Waals surface area contributed by atoms with Crippen molar-refractivity contribution in [2.45, 2.75) is 32.5 Å². The Morgan fingerprint density at radius 2 is 2.05 bits per heavy atom. The van der Waals surface area contributed by atoms with E-state index < -0.39 is 18.2 Å². The maximum atomic E-state index is 11.1. The van der Waals surface area contributed by atoms with Crippen LogP contribution in [0.4, 0.5) is 0 Å². The highest BCUT2D eigenvalue weighted by atomic mass is 32.2. The highest BCUT2D eigenvalue weighted by molar-refractivity contribution is 8.13. The van der Waals surface area contributed by atoms with Crippen LogP contribution in [0, 0.1) is 6.92 Å². The van der Waals surface area contributed by atoms with Crippen LogP contribution in [-0.4, -0.2) is 43.2 Å². The van der Waals surface area contributed by atoms with E-state index in [0.717, 1.165) is 11.8 Å². The van der Waals surface area contributed by atoms with Crippen LogP contribution in [0.2, 0.25) is 0 Å². The van der Waals surface area contributed by atoms with Gasteiger partial charge in [-0.2, -0.15) is 0 Å². The Labute approximate surface area is 120 Å². The van der Waals surface area contributed by atoms with Crippen molar-refractivity contribution in [2.75, 3.05) is 5.75 Å². The smallest absolute Gasteiger partial charge is 0.354 e. The van der Waals surface area contributed by atoms with Gasteiger partial charge in [-0.05, 0) is 25.0 Å². The maximum absolute atomic E-state index is 11.1. The Morgan fingerprint density at radius 3 is 2.60 bits per heavy atom. The van der Waals surface area contributed by atoms with E-state index >= 15 is 0 Å². The summed E-state index contributed by atoms with van der Waals surface area (Å²) in [6.07, 6.45) is -0.930. The highest BCUT2D eigenvalue weighted by Gasteiger charge is 2.24. The van der Waals surface area contributed by atoms with Crippen molar-refractivity contribution < 1.29 is 24.9 Å². The summed E-state index contributed by atoms with van der Waals surface area (Å²) in [6, 6.07) is 1.49. The van der Waals surface area contributed by atoms with E-state index in [2.05, 4.69) is 4.98 Å². The number of aromatic nitrogens is 1. The number of aromatic carboxylic acids is 1. The summed E-state index contributed by atoms with van der Waals surface area (Å²) in [4.78, 5) is 25.6. The fourth-order valence-corrected chi connectivity index (χ4v) is 2.33. The number of aliphatic hydroxyl groups excluding tert-OH is 2. The Hall–Kier alpha value is -1.44. The van der Waals surface area contributed by atoms with Crippen molar-refractivity contribution in [2.24, 2.45) is 0 Å². The molecule has 2 atom stereocenters. The van der Waals surface area contributed by atoms with Gasteiger partial charge in [-0.1, -0.05) is 11.8 Å². The second kappa shape index (κ2) is 7.37. The van der Waals surface area contributed by atoms with Gasteiger partial charge in [-0.15, -0.1) is 0 Å². The van der Waals surface area contributed by atoms with Crippen LogP contribution >= 0.6 is 11.8 Å². The predicted octanol–water partition coefficient (Wildman–Crippen LogP) is 1.15. The second-order valence-electron chi connectivity index (χ2n) is 4.40. The van der Waals surface area contributed by atoms with Crippen LogP contribution in [0.1, 0.15) is 41.1 Å². The number of rotatable bonds is 6. The Bertz CT molecular complexity index is 506. The lowest BCUT2D eigenvalue weighted by molar-refractivity contribution is -0.109. The molecule has 0 aliphatic carbocycles. The van der Waals surface area contributed by atoms with Crippen molar-refractivity contribution >= 4 is 22.8 Å². The minimum Gasteiger partial charge on any atom is -0.477 e. The van der Waals surface area contributed by atoms with Gasteiger partial charge in [0.1, 0.15) is 6.10 Å². The molecule has 1 heterocycles. The molecule has 3 N–H and O–H groups in total. The van der Waals surface area contributed by atoms with Gasteiger partial charge in [0, 0.05) is 24.4 Å². The van der Waals surface area contributed by atoms with Gasteiger partial charge in [0.25, 0.3) is 0 Å². The van der Waals surface area contributed by atoms with Gasteiger partial charge >= 0.3 is 5.97 Å². The SMILES string of the molecule is CC(=O)SCCC(O)C(O)c1cc(C)cnc1C(=O)O. The number of carbonyl (C=O) groups is 2. The lowest BCUT2D eigenvalue weighted by Crippen LogP contribution is -2.22. The molecule has 110 valence electrons. The molecule has 0 saturated heterocycles. The Morgan fingerprint density at radius 1 is 1.40 bits per heavy atom. The van der Waals surface area contributed by atoms with E-state index in [0.29, 0.717) is 11.3 Å². The number of carbonyl (C=O) groups excluding carboxylic acids is 1. The van der Waals surface area contributed by atoms with Gasteiger partial charge in [-0.3, -0.25) is 4.79 Å². The largest absolute Gasteiger partial charge is 0.477 e. The van der Waals surface area contributed by atoms with Crippen molar-refractivity contribution in [3.8, 4) is 0 Å². The minimum atomic E-state index is -1.35. The number of nitrogens with zero attached hydrogens (tertiary/aromatic N) is 1. The third-order valence-electron chi connectivity index (χ3n) is 2.66. The molecule has 0 fully saturated rings. The number of carboxylic acids is 1. The van der Waals surface area contributed by atoms with Crippen LogP contribution in [0.15, 0.2) is 12.3 Å². The molecule has 7 heteroatoms. The highest BCUT2D eigenvalue weighted by Crippen LogP contribution is 2.23. The number of carboxylic acid groups (broad SMARTS) is 1. The molecule has 1 aromatic heterocycles. The first-order valence-electron chi connectivity index (χ1n) is 6.02. The second-order valence-corrected chi connectivity index (χ2v) is 5.67. The van der Waals surface area contributed by atoms with Gasteiger partial charge in [0.15, 0.2) is 10.8 Å². The average molecular weight is 299 g/mol. The van der Waals surface area contributed by atoms with Crippen LogP contribution in [-0.2, 0) is 4.79 Å². The van der Waals surface area contributed by atoms with E-state index in [1.165, 1.54) is 19.2 Å². The van der Waals surface area contributed by atoms with Crippen LogP contribution in [0.3, 0.4) is 0 Å². The van der Waals surface area contributed by atoms with Gasteiger partial charge < -0.3 is 15.3 Å². The van der Waals surface area contributed by atoms with E-state index in [1.807, 2.05) is 0 Å². The first-order valence-corrected chi connectivity index (χ1v) is 7.00. The van der Waals surface area contributed by atoms with Crippen molar-refractivity contribution in [1.29, 1.82) is 0 Å².